The van der Waals surface area contributed by atoms with Crippen molar-refractivity contribution in [1.29, 1.82) is 0 Å². The fourth-order valence-corrected chi connectivity index (χ4v) is 3.29. The van der Waals surface area contributed by atoms with Crippen LogP contribution in [0.3, 0.4) is 0 Å². The summed E-state index contributed by atoms with van der Waals surface area (Å²) in [6.45, 7) is 1.38. The Morgan fingerprint density at radius 1 is 1.35 bits per heavy atom. The van der Waals surface area contributed by atoms with Crippen LogP contribution in [0.1, 0.15) is 0 Å². The van der Waals surface area contributed by atoms with Crippen molar-refractivity contribution in [3.05, 3.63) is 0 Å². The Morgan fingerprint density at radius 3 is 2.76 bits per heavy atom. The highest BCUT2D eigenvalue weighted by atomic mass is 32.2. The fraction of sp³-hybridized carbons (Fsp3) is 0.778. The van der Waals surface area contributed by atoms with Gasteiger partial charge in [0.05, 0.1) is 25.9 Å². The van der Waals surface area contributed by atoms with E-state index in [2.05, 4.69) is 10.2 Å². The van der Waals surface area contributed by atoms with Crippen LogP contribution in [0, 0.1) is 0 Å². The van der Waals surface area contributed by atoms with Gasteiger partial charge in [-0.3, -0.25) is 0 Å². The summed E-state index contributed by atoms with van der Waals surface area (Å²) in [5.41, 5.74) is 0. The van der Waals surface area contributed by atoms with E-state index in [1.54, 1.807) is 18.9 Å². The van der Waals surface area contributed by atoms with Crippen molar-refractivity contribution >= 4 is 34.9 Å². The molecule has 0 spiro atoms. The summed E-state index contributed by atoms with van der Waals surface area (Å²) in [5, 5.41) is 17.6. The van der Waals surface area contributed by atoms with Crippen molar-refractivity contribution < 1.29 is 14.6 Å². The Balaban J connectivity index is 2.12. The van der Waals surface area contributed by atoms with E-state index < -0.39 is 6.10 Å². The molecule has 0 radical (unpaired) electrons. The SMILES string of the molecule is COCCOCC(O)CSc1nnc(SC)s1. The normalized spacial score (nSPS) is 12.9. The maximum absolute atomic E-state index is 9.64. The molecule has 0 aromatic carbocycles. The molecule has 1 aromatic rings. The molecule has 0 fully saturated rings. The fourth-order valence-electron chi connectivity index (χ4n) is 0.915. The van der Waals surface area contributed by atoms with E-state index in [-0.39, 0.29) is 0 Å². The Labute approximate surface area is 113 Å². The third-order valence-corrected chi connectivity index (χ3v) is 4.88. The predicted molar refractivity (Wildman–Crippen MR) is 71.1 cm³/mol. The van der Waals surface area contributed by atoms with Crippen molar-refractivity contribution in [3.63, 3.8) is 0 Å². The third-order valence-electron chi connectivity index (χ3n) is 1.70. The highest BCUT2D eigenvalue weighted by Gasteiger charge is 2.08. The monoisotopic (exact) mass is 296 g/mol. The van der Waals surface area contributed by atoms with Crippen LogP contribution in [0.2, 0.25) is 0 Å². The van der Waals surface area contributed by atoms with E-state index in [9.17, 15) is 5.11 Å². The average molecular weight is 296 g/mol. The molecule has 0 aliphatic heterocycles. The number of thioether (sulfide) groups is 2. The molecule has 0 saturated heterocycles. The summed E-state index contributed by atoms with van der Waals surface area (Å²) in [5.74, 6) is 0.565. The van der Waals surface area contributed by atoms with Crippen LogP contribution in [-0.2, 0) is 9.47 Å². The molecule has 98 valence electrons. The Bertz CT molecular complexity index is 311. The maximum Gasteiger partial charge on any atom is 0.175 e. The molecule has 0 aliphatic rings. The number of aliphatic hydroxyl groups excluding tert-OH is 1. The predicted octanol–water partition coefficient (Wildman–Crippen LogP) is 1.38. The van der Waals surface area contributed by atoms with Crippen molar-refractivity contribution in [2.75, 3.05) is 38.9 Å². The lowest BCUT2D eigenvalue weighted by atomic mass is 10.4. The first-order valence-corrected chi connectivity index (χ1v) is 8.04. The van der Waals surface area contributed by atoms with Gasteiger partial charge in [-0.15, -0.1) is 10.2 Å². The lowest BCUT2D eigenvalue weighted by Gasteiger charge is -2.09. The van der Waals surface area contributed by atoms with E-state index in [0.29, 0.717) is 25.6 Å². The van der Waals surface area contributed by atoms with Crippen molar-refractivity contribution in [2.45, 2.75) is 14.8 Å². The average Bonchev–Trinajstić information content (AvgIpc) is 2.80. The maximum atomic E-state index is 9.64. The van der Waals surface area contributed by atoms with Gasteiger partial charge in [0.15, 0.2) is 8.68 Å². The Hall–Kier alpha value is 0.140. The molecular formula is C9H16N2O3S3. The van der Waals surface area contributed by atoms with Gasteiger partial charge in [0, 0.05) is 12.9 Å². The van der Waals surface area contributed by atoms with Crippen LogP contribution >= 0.6 is 34.9 Å². The first-order chi connectivity index (χ1) is 8.26. The van der Waals surface area contributed by atoms with E-state index in [1.165, 1.54) is 23.1 Å². The van der Waals surface area contributed by atoms with Crippen LogP contribution in [0.15, 0.2) is 8.68 Å². The van der Waals surface area contributed by atoms with Crippen molar-refractivity contribution in [1.82, 2.24) is 10.2 Å². The molecule has 0 bridgehead atoms. The standard InChI is InChI=1S/C9H16N2O3S3/c1-13-3-4-14-5-7(12)6-16-9-11-10-8(15-2)17-9/h7,12H,3-6H2,1-2H3. The number of aliphatic hydroxyl groups is 1. The van der Waals surface area contributed by atoms with Crippen molar-refractivity contribution in [2.24, 2.45) is 0 Å². The van der Waals surface area contributed by atoms with Crippen LogP contribution in [0.25, 0.3) is 0 Å². The topological polar surface area (TPSA) is 64.5 Å². The summed E-state index contributed by atoms with van der Waals surface area (Å²) in [6, 6.07) is 0. The molecule has 17 heavy (non-hydrogen) atoms. The highest BCUT2D eigenvalue weighted by Crippen LogP contribution is 2.27. The number of methoxy groups -OCH3 is 1. The minimum Gasteiger partial charge on any atom is -0.390 e. The summed E-state index contributed by atoms with van der Waals surface area (Å²) in [6.07, 6.45) is 1.48. The number of ether oxygens (including phenoxy) is 2. The van der Waals surface area contributed by atoms with E-state index in [1.807, 2.05) is 6.26 Å². The van der Waals surface area contributed by atoms with Gasteiger partial charge in [0.1, 0.15) is 0 Å². The van der Waals surface area contributed by atoms with Crippen LogP contribution in [0.5, 0.6) is 0 Å². The molecule has 5 nitrogen and oxygen atoms in total. The van der Waals surface area contributed by atoms with Crippen LogP contribution < -0.4 is 0 Å². The minimum atomic E-state index is -0.488. The molecule has 0 aliphatic carbocycles. The zero-order valence-electron chi connectivity index (χ0n) is 9.79. The number of rotatable bonds is 9. The number of aromatic nitrogens is 2. The van der Waals surface area contributed by atoms with Gasteiger partial charge in [-0.1, -0.05) is 34.9 Å². The minimum absolute atomic E-state index is 0.324. The largest absolute Gasteiger partial charge is 0.390 e. The lowest BCUT2D eigenvalue weighted by Crippen LogP contribution is -2.19. The third kappa shape index (κ3) is 6.58. The second kappa shape index (κ2) is 9.12. The van der Waals surface area contributed by atoms with Gasteiger partial charge in [0.25, 0.3) is 0 Å². The summed E-state index contributed by atoms with van der Waals surface area (Å²) < 4.78 is 11.9. The Morgan fingerprint density at radius 2 is 2.12 bits per heavy atom. The molecule has 1 heterocycles. The van der Waals surface area contributed by atoms with E-state index in [4.69, 9.17) is 9.47 Å². The number of hydrogen-bond acceptors (Lipinski definition) is 8. The smallest absolute Gasteiger partial charge is 0.175 e. The molecule has 1 atom stereocenters. The van der Waals surface area contributed by atoms with Crippen molar-refractivity contribution in [3.8, 4) is 0 Å². The first kappa shape index (κ1) is 15.2. The molecule has 0 saturated carbocycles. The van der Waals surface area contributed by atoms with E-state index in [0.717, 1.165) is 8.68 Å². The van der Waals surface area contributed by atoms with E-state index >= 15 is 0 Å². The highest BCUT2D eigenvalue weighted by molar-refractivity contribution is 8.02. The molecule has 0 amide bonds. The van der Waals surface area contributed by atoms with Gasteiger partial charge in [-0.25, -0.2) is 0 Å². The molecule has 8 heteroatoms. The van der Waals surface area contributed by atoms with Crippen LogP contribution in [-0.4, -0.2) is 60.3 Å². The summed E-state index contributed by atoms with van der Waals surface area (Å²) >= 11 is 4.61. The van der Waals surface area contributed by atoms with Crippen LogP contribution in [0.4, 0.5) is 0 Å². The molecular weight excluding hydrogens is 280 g/mol. The zero-order valence-corrected chi connectivity index (χ0v) is 12.2. The molecule has 1 aromatic heterocycles. The second-order valence-electron chi connectivity index (χ2n) is 3.07. The molecule has 1 rings (SSSR count). The Kier molecular flexibility index (Phi) is 8.15. The van der Waals surface area contributed by atoms with Gasteiger partial charge >= 0.3 is 0 Å². The molecule has 1 N–H and O–H groups in total. The van der Waals surface area contributed by atoms with Gasteiger partial charge in [-0.05, 0) is 6.26 Å². The quantitative estimate of drug-likeness (QED) is 0.545. The van der Waals surface area contributed by atoms with Gasteiger partial charge in [0.2, 0.25) is 0 Å². The second-order valence-corrected chi connectivity index (χ2v) is 6.37. The van der Waals surface area contributed by atoms with Gasteiger partial charge in [-0.2, -0.15) is 0 Å². The summed E-state index contributed by atoms with van der Waals surface area (Å²) in [7, 11) is 1.62. The molecule has 1 unspecified atom stereocenters. The zero-order chi connectivity index (χ0) is 12.5. The first-order valence-electron chi connectivity index (χ1n) is 5.01. The summed E-state index contributed by atoms with van der Waals surface area (Å²) in [4.78, 5) is 0. The number of nitrogens with zero attached hydrogens (tertiary/aromatic N) is 2. The number of hydrogen-bond donors (Lipinski definition) is 1. The van der Waals surface area contributed by atoms with Gasteiger partial charge < -0.3 is 14.6 Å². The lowest BCUT2D eigenvalue weighted by molar-refractivity contribution is 0.0218.